The molecule has 4 nitrogen and oxygen atoms in total. The average Bonchev–Trinajstić information content (AvgIpc) is 3.01. The van der Waals surface area contributed by atoms with Crippen LogP contribution >= 0.6 is 0 Å². The fourth-order valence-electron chi connectivity index (χ4n) is 3.95. The van der Waals surface area contributed by atoms with Crippen molar-refractivity contribution in [3.8, 4) is 0 Å². The molecule has 0 aliphatic carbocycles. The Labute approximate surface area is 168 Å². The molecule has 28 heavy (non-hydrogen) atoms. The highest BCUT2D eigenvalue weighted by Gasteiger charge is 2.20. The summed E-state index contributed by atoms with van der Waals surface area (Å²) < 4.78 is 2.11. The maximum absolute atomic E-state index is 13.1. The van der Waals surface area contributed by atoms with E-state index in [1.807, 2.05) is 19.1 Å². The van der Waals surface area contributed by atoms with E-state index in [0.29, 0.717) is 0 Å². The van der Waals surface area contributed by atoms with Crippen molar-refractivity contribution in [3.63, 3.8) is 0 Å². The molecule has 0 saturated heterocycles. The van der Waals surface area contributed by atoms with Crippen LogP contribution in [0, 0.1) is 6.92 Å². The lowest BCUT2D eigenvalue weighted by Crippen LogP contribution is -2.21. The lowest BCUT2D eigenvalue weighted by molar-refractivity contribution is 0.101. The fourth-order valence-corrected chi connectivity index (χ4v) is 3.95. The molecule has 3 rings (SSSR count). The Kier molecular flexibility index (Phi) is 6.08. The van der Waals surface area contributed by atoms with Gasteiger partial charge in [-0.15, -0.1) is 0 Å². The molecule has 0 bridgehead atoms. The zero-order chi connectivity index (χ0) is 20.3. The first-order chi connectivity index (χ1) is 13.5. The molecule has 0 aliphatic rings. The quantitative estimate of drug-likeness (QED) is 0.579. The zero-order valence-electron chi connectivity index (χ0n) is 17.7. The van der Waals surface area contributed by atoms with Crippen molar-refractivity contribution in [2.24, 2.45) is 0 Å². The highest BCUT2D eigenvalue weighted by molar-refractivity contribution is 6.08. The van der Waals surface area contributed by atoms with Crippen LogP contribution in [0.5, 0.6) is 0 Å². The Morgan fingerprint density at radius 2 is 1.68 bits per heavy atom. The van der Waals surface area contributed by atoms with Crippen LogP contribution in [0.25, 0.3) is 10.9 Å². The second-order valence-electron chi connectivity index (χ2n) is 7.10. The molecule has 0 aliphatic heterocycles. The van der Waals surface area contributed by atoms with E-state index in [2.05, 4.69) is 72.8 Å². The SMILES string of the molecule is CCc1ccc2c(c1)c(C)c(C(=O)Nc1ccc(N(CC)CC)cc1)n2CC. The average molecular weight is 378 g/mol. The lowest BCUT2D eigenvalue weighted by atomic mass is 10.1. The predicted molar refractivity (Wildman–Crippen MR) is 120 cm³/mol. The number of fused-ring (bicyclic) bond motifs is 1. The van der Waals surface area contributed by atoms with Crippen molar-refractivity contribution in [1.29, 1.82) is 0 Å². The third-order valence-electron chi connectivity index (χ3n) is 5.57. The van der Waals surface area contributed by atoms with Crippen LogP contribution in [0.4, 0.5) is 11.4 Å². The van der Waals surface area contributed by atoms with E-state index < -0.39 is 0 Å². The van der Waals surface area contributed by atoms with Gasteiger partial charge >= 0.3 is 0 Å². The minimum absolute atomic E-state index is 0.0517. The van der Waals surface area contributed by atoms with E-state index >= 15 is 0 Å². The molecule has 1 amide bonds. The van der Waals surface area contributed by atoms with Crippen LogP contribution < -0.4 is 10.2 Å². The van der Waals surface area contributed by atoms with E-state index in [1.165, 1.54) is 16.6 Å². The smallest absolute Gasteiger partial charge is 0.272 e. The van der Waals surface area contributed by atoms with E-state index in [0.717, 1.165) is 48.5 Å². The van der Waals surface area contributed by atoms with Crippen molar-refractivity contribution in [1.82, 2.24) is 4.57 Å². The van der Waals surface area contributed by atoms with E-state index in [-0.39, 0.29) is 5.91 Å². The molecule has 2 aromatic carbocycles. The summed E-state index contributed by atoms with van der Waals surface area (Å²) in [5.41, 5.74) is 6.21. The largest absolute Gasteiger partial charge is 0.372 e. The first-order valence-electron chi connectivity index (χ1n) is 10.3. The van der Waals surface area contributed by atoms with Gasteiger partial charge in [-0.3, -0.25) is 4.79 Å². The number of nitrogens with zero attached hydrogens (tertiary/aromatic N) is 2. The second-order valence-corrected chi connectivity index (χ2v) is 7.10. The Bertz CT molecular complexity index is 966. The minimum Gasteiger partial charge on any atom is -0.372 e. The first kappa shape index (κ1) is 20.0. The van der Waals surface area contributed by atoms with Gasteiger partial charge in [0.15, 0.2) is 0 Å². The number of benzene rings is 2. The monoisotopic (exact) mass is 377 g/mol. The van der Waals surface area contributed by atoms with E-state index in [9.17, 15) is 4.79 Å². The summed E-state index contributed by atoms with van der Waals surface area (Å²) in [7, 11) is 0. The summed E-state index contributed by atoms with van der Waals surface area (Å²) in [5, 5.41) is 4.26. The van der Waals surface area contributed by atoms with Gasteiger partial charge in [-0.1, -0.05) is 13.0 Å². The fraction of sp³-hybridized carbons (Fsp3) is 0.375. The number of anilines is 2. The van der Waals surface area contributed by atoms with Gasteiger partial charge in [0.2, 0.25) is 0 Å². The summed E-state index contributed by atoms with van der Waals surface area (Å²) in [6, 6.07) is 14.6. The Morgan fingerprint density at radius 1 is 1.00 bits per heavy atom. The van der Waals surface area contributed by atoms with Gasteiger partial charge in [0.05, 0.1) is 0 Å². The van der Waals surface area contributed by atoms with Crippen molar-refractivity contribution in [3.05, 3.63) is 59.3 Å². The highest BCUT2D eigenvalue weighted by atomic mass is 16.2. The molecule has 0 saturated carbocycles. The van der Waals surface area contributed by atoms with Crippen LogP contribution in [0.2, 0.25) is 0 Å². The normalized spacial score (nSPS) is 11.0. The molecular weight excluding hydrogens is 346 g/mol. The molecule has 0 unspecified atom stereocenters. The Balaban J connectivity index is 1.92. The van der Waals surface area contributed by atoms with E-state index in [1.54, 1.807) is 0 Å². The van der Waals surface area contributed by atoms with Gasteiger partial charge in [-0.25, -0.2) is 0 Å². The van der Waals surface area contributed by atoms with Crippen molar-refractivity contribution in [2.45, 2.75) is 47.6 Å². The maximum atomic E-state index is 13.1. The van der Waals surface area contributed by atoms with Crippen LogP contribution in [0.3, 0.4) is 0 Å². The number of nitrogens with one attached hydrogen (secondary N) is 1. The Hall–Kier alpha value is -2.75. The summed E-state index contributed by atoms with van der Waals surface area (Å²) in [4.78, 5) is 15.4. The molecular formula is C24H31N3O. The van der Waals surface area contributed by atoms with Gasteiger partial charge < -0.3 is 14.8 Å². The van der Waals surface area contributed by atoms with Crippen molar-refractivity contribution >= 4 is 28.2 Å². The van der Waals surface area contributed by atoms with Crippen LogP contribution in [0.1, 0.15) is 49.3 Å². The number of rotatable bonds is 7. The molecule has 0 fully saturated rings. The molecule has 4 heteroatoms. The number of carbonyl (C=O) groups is 1. The number of aryl methyl sites for hydroxylation is 3. The molecule has 148 valence electrons. The molecule has 1 heterocycles. The standard InChI is InChI=1S/C24H31N3O/c1-6-18-10-15-22-21(16-18)17(5)23(27(22)9-4)24(28)25-19-11-13-20(14-12-19)26(7-2)8-3/h10-16H,6-9H2,1-5H3,(H,25,28). The van der Waals surface area contributed by atoms with E-state index in [4.69, 9.17) is 0 Å². The highest BCUT2D eigenvalue weighted by Crippen LogP contribution is 2.28. The van der Waals surface area contributed by atoms with Gasteiger partial charge in [0, 0.05) is 41.9 Å². The summed E-state index contributed by atoms with van der Waals surface area (Å²) >= 11 is 0. The van der Waals surface area contributed by atoms with Crippen molar-refractivity contribution in [2.75, 3.05) is 23.3 Å². The first-order valence-corrected chi connectivity index (χ1v) is 10.3. The number of hydrogen-bond acceptors (Lipinski definition) is 2. The van der Waals surface area contributed by atoms with Crippen LogP contribution in [-0.2, 0) is 13.0 Å². The summed E-state index contributed by atoms with van der Waals surface area (Å²) in [6.07, 6.45) is 0.993. The van der Waals surface area contributed by atoms with Gasteiger partial charge in [-0.2, -0.15) is 0 Å². The third-order valence-corrected chi connectivity index (χ3v) is 5.57. The second kappa shape index (κ2) is 8.51. The number of hydrogen-bond donors (Lipinski definition) is 1. The predicted octanol–water partition coefficient (Wildman–Crippen LogP) is 5.63. The summed E-state index contributed by atoms with van der Waals surface area (Å²) in [6.45, 7) is 13.3. The molecule has 0 spiro atoms. The molecule has 1 aromatic heterocycles. The molecule has 1 N–H and O–H groups in total. The van der Waals surface area contributed by atoms with Crippen LogP contribution in [0.15, 0.2) is 42.5 Å². The number of carbonyl (C=O) groups excluding carboxylic acids is 1. The van der Waals surface area contributed by atoms with Crippen LogP contribution in [-0.4, -0.2) is 23.6 Å². The molecule has 0 radical (unpaired) electrons. The zero-order valence-corrected chi connectivity index (χ0v) is 17.7. The Morgan fingerprint density at radius 3 is 2.25 bits per heavy atom. The van der Waals surface area contributed by atoms with Crippen molar-refractivity contribution < 1.29 is 4.79 Å². The van der Waals surface area contributed by atoms with Gasteiger partial charge in [0.1, 0.15) is 5.69 Å². The molecule has 0 atom stereocenters. The number of aromatic nitrogens is 1. The molecule has 3 aromatic rings. The lowest BCUT2D eigenvalue weighted by Gasteiger charge is -2.21. The third kappa shape index (κ3) is 3.64. The minimum atomic E-state index is -0.0517. The number of amides is 1. The van der Waals surface area contributed by atoms with Gasteiger partial charge in [0.25, 0.3) is 5.91 Å². The summed E-state index contributed by atoms with van der Waals surface area (Å²) in [5.74, 6) is -0.0517. The topological polar surface area (TPSA) is 37.3 Å². The van der Waals surface area contributed by atoms with Gasteiger partial charge in [-0.05, 0) is 81.6 Å². The maximum Gasteiger partial charge on any atom is 0.272 e.